The molecular formula is C29H40N4O2. The third-order valence-corrected chi connectivity index (χ3v) is 8.27. The number of likely N-dealkylation sites (tertiary alicyclic amines) is 1. The summed E-state index contributed by atoms with van der Waals surface area (Å²) in [4.78, 5) is 27.8. The van der Waals surface area contributed by atoms with Crippen molar-refractivity contribution in [3.8, 4) is 5.75 Å². The maximum Gasteiger partial charge on any atom is 0.228 e. The summed E-state index contributed by atoms with van der Waals surface area (Å²) in [5.74, 6) is 3.28. The molecule has 0 radical (unpaired) electrons. The summed E-state index contributed by atoms with van der Waals surface area (Å²) in [6.07, 6.45) is 12.3. The number of ether oxygens (including phenoxy) is 1. The number of carbonyl (C=O) groups excluding carboxylic acids is 1. The number of hydrogen-bond acceptors (Lipinski definition) is 5. The molecule has 0 spiro atoms. The SMILES string of the molecule is COc1ccc(CCCN2C(=O)CCc3c(C)nc([C@H]4CCCN(C5CCCCC5)C4)nc32)cc1. The molecule has 1 aliphatic carbocycles. The third kappa shape index (κ3) is 5.53. The van der Waals surface area contributed by atoms with E-state index in [0.717, 1.165) is 66.9 Å². The first-order valence-corrected chi connectivity index (χ1v) is 13.7. The molecule has 1 aromatic carbocycles. The molecule has 1 atom stereocenters. The van der Waals surface area contributed by atoms with Gasteiger partial charge in [-0.3, -0.25) is 14.6 Å². The van der Waals surface area contributed by atoms with E-state index in [1.807, 2.05) is 17.0 Å². The fourth-order valence-corrected chi connectivity index (χ4v) is 6.24. The summed E-state index contributed by atoms with van der Waals surface area (Å²) in [5, 5.41) is 0. The molecule has 3 aliphatic rings. The number of anilines is 1. The lowest BCUT2D eigenvalue weighted by molar-refractivity contribution is -0.119. The Bertz CT molecular complexity index is 1020. The van der Waals surface area contributed by atoms with Crippen molar-refractivity contribution in [3.05, 3.63) is 46.9 Å². The van der Waals surface area contributed by atoms with Crippen molar-refractivity contribution in [2.24, 2.45) is 0 Å². The highest BCUT2D eigenvalue weighted by atomic mass is 16.5. The van der Waals surface area contributed by atoms with E-state index in [2.05, 4.69) is 24.0 Å². The number of fused-ring (bicyclic) bond motifs is 1. The fraction of sp³-hybridized carbons (Fsp3) is 0.621. The van der Waals surface area contributed by atoms with Gasteiger partial charge in [0.25, 0.3) is 0 Å². The number of aryl methyl sites for hydroxylation is 2. The van der Waals surface area contributed by atoms with Gasteiger partial charge in [0.2, 0.25) is 5.91 Å². The molecule has 6 nitrogen and oxygen atoms in total. The van der Waals surface area contributed by atoms with E-state index in [0.29, 0.717) is 18.9 Å². The summed E-state index contributed by atoms with van der Waals surface area (Å²) < 4.78 is 5.27. The Morgan fingerprint density at radius 3 is 2.57 bits per heavy atom. The van der Waals surface area contributed by atoms with Crippen molar-refractivity contribution < 1.29 is 9.53 Å². The minimum atomic E-state index is 0.198. The summed E-state index contributed by atoms with van der Waals surface area (Å²) in [6.45, 7) is 5.08. The molecule has 1 saturated carbocycles. The highest BCUT2D eigenvalue weighted by Gasteiger charge is 2.32. The maximum absolute atomic E-state index is 13.0. The summed E-state index contributed by atoms with van der Waals surface area (Å²) in [5.41, 5.74) is 3.49. The zero-order valence-electron chi connectivity index (χ0n) is 21.5. The highest BCUT2D eigenvalue weighted by molar-refractivity contribution is 5.95. The predicted molar refractivity (Wildman–Crippen MR) is 139 cm³/mol. The van der Waals surface area contributed by atoms with Gasteiger partial charge < -0.3 is 4.74 Å². The van der Waals surface area contributed by atoms with Gasteiger partial charge in [-0.15, -0.1) is 0 Å². The molecule has 1 saturated heterocycles. The van der Waals surface area contributed by atoms with Gasteiger partial charge in [0.05, 0.1) is 7.11 Å². The third-order valence-electron chi connectivity index (χ3n) is 8.27. The van der Waals surface area contributed by atoms with Crippen molar-refractivity contribution in [1.82, 2.24) is 14.9 Å². The van der Waals surface area contributed by atoms with Crippen LogP contribution in [0.25, 0.3) is 0 Å². The Balaban J connectivity index is 1.30. The Kier molecular flexibility index (Phi) is 7.66. The van der Waals surface area contributed by atoms with E-state index in [4.69, 9.17) is 14.7 Å². The van der Waals surface area contributed by atoms with Crippen LogP contribution in [0.4, 0.5) is 5.82 Å². The van der Waals surface area contributed by atoms with Crippen molar-refractivity contribution >= 4 is 11.7 Å². The molecular weight excluding hydrogens is 436 g/mol. The predicted octanol–water partition coefficient (Wildman–Crippen LogP) is 5.22. The second kappa shape index (κ2) is 11.1. The van der Waals surface area contributed by atoms with Crippen molar-refractivity contribution in [2.45, 2.75) is 89.5 Å². The van der Waals surface area contributed by atoms with Crippen LogP contribution in [0.3, 0.4) is 0 Å². The Morgan fingerprint density at radius 2 is 1.80 bits per heavy atom. The monoisotopic (exact) mass is 476 g/mol. The number of amides is 1. The van der Waals surface area contributed by atoms with E-state index in [1.54, 1.807) is 7.11 Å². The molecule has 5 rings (SSSR count). The van der Waals surface area contributed by atoms with Gasteiger partial charge in [-0.25, -0.2) is 9.97 Å². The molecule has 2 aliphatic heterocycles. The van der Waals surface area contributed by atoms with E-state index in [1.165, 1.54) is 50.6 Å². The first kappa shape index (κ1) is 24.2. The fourth-order valence-electron chi connectivity index (χ4n) is 6.24. The van der Waals surface area contributed by atoms with Crippen LogP contribution in [0.1, 0.15) is 86.4 Å². The maximum atomic E-state index is 13.0. The van der Waals surface area contributed by atoms with Crippen LogP contribution < -0.4 is 9.64 Å². The number of methoxy groups -OCH3 is 1. The van der Waals surface area contributed by atoms with Gasteiger partial charge in [-0.2, -0.15) is 0 Å². The average molecular weight is 477 g/mol. The van der Waals surface area contributed by atoms with Crippen LogP contribution in [-0.4, -0.2) is 53.6 Å². The molecule has 1 aromatic heterocycles. The molecule has 0 bridgehead atoms. The average Bonchev–Trinajstić information content (AvgIpc) is 2.91. The minimum absolute atomic E-state index is 0.198. The summed E-state index contributed by atoms with van der Waals surface area (Å²) >= 11 is 0. The molecule has 1 amide bonds. The number of benzene rings is 1. The van der Waals surface area contributed by atoms with Crippen molar-refractivity contribution in [2.75, 3.05) is 31.6 Å². The molecule has 35 heavy (non-hydrogen) atoms. The second-order valence-corrected chi connectivity index (χ2v) is 10.6. The lowest BCUT2D eigenvalue weighted by atomic mass is 9.89. The van der Waals surface area contributed by atoms with Gasteiger partial charge >= 0.3 is 0 Å². The zero-order valence-corrected chi connectivity index (χ0v) is 21.5. The topological polar surface area (TPSA) is 58.6 Å². The molecule has 2 aromatic rings. The first-order chi connectivity index (χ1) is 17.1. The van der Waals surface area contributed by atoms with Gasteiger partial charge in [0.15, 0.2) is 0 Å². The molecule has 188 valence electrons. The van der Waals surface area contributed by atoms with Gasteiger partial charge in [0, 0.05) is 42.7 Å². The second-order valence-electron chi connectivity index (χ2n) is 10.6. The number of rotatable bonds is 7. The minimum Gasteiger partial charge on any atom is -0.497 e. The summed E-state index contributed by atoms with van der Waals surface area (Å²) in [7, 11) is 1.69. The van der Waals surface area contributed by atoms with Gasteiger partial charge in [-0.1, -0.05) is 31.4 Å². The lowest BCUT2D eigenvalue weighted by Gasteiger charge is -2.40. The standard InChI is InChI=1S/C29H40N4O2/c1-21-26-16-17-27(34)33(19-6-8-22-12-14-25(35-2)15-13-22)29(26)31-28(30-21)23-9-7-18-32(20-23)24-10-4-3-5-11-24/h12-15,23-24H,3-11,16-20H2,1-2H3/t23-/m0/s1. The largest absolute Gasteiger partial charge is 0.497 e. The van der Waals surface area contributed by atoms with E-state index < -0.39 is 0 Å². The van der Waals surface area contributed by atoms with Gasteiger partial charge in [0.1, 0.15) is 17.4 Å². The van der Waals surface area contributed by atoms with Crippen LogP contribution in [0.5, 0.6) is 5.75 Å². The molecule has 3 heterocycles. The number of hydrogen-bond donors (Lipinski definition) is 0. The zero-order chi connectivity index (χ0) is 24.2. The highest BCUT2D eigenvalue weighted by Crippen LogP contribution is 2.34. The van der Waals surface area contributed by atoms with Crippen LogP contribution in [0.15, 0.2) is 24.3 Å². The molecule has 0 unspecified atom stereocenters. The number of carbonyl (C=O) groups is 1. The number of piperidine rings is 1. The van der Waals surface area contributed by atoms with Crippen LogP contribution in [0, 0.1) is 6.92 Å². The van der Waals surface area contributed by atoms with Crippen molar-refractivity contribution in [3.63, 3.8) is 0 Å². The smallest absolute Gasteiger partial charge is 0.228 e. The number of nitrogens with zero attached hydrogens (tertiary/aromatic N) is 4. The molecule has 6 heteroatoms. The summed E-state index contributed by atoms with van der Waals surface area (Å²) in [6, 6.07) is 8.95. The van der Waals surface area contributed by atoms with Gasteiger partial charge in [-0.05, 0) is 76.1 Å². The van der Waals surface area contributed by atoms with Crippen LogP contribution in [0.2, 0.25) is 0 Å². The lowest BCUT2D eigenvalue weighted by Crippen LogP contribution is -2.43. The van der Waals surface area contributed by atoms with Crippen LogP contribution >= 0.6 is 0 Å². The Morgan fingerprint density at radius 1 is 1.00 bits per heavy atom. The normalized spacial score (nSPS) is 21.7. The Labute approximate surface area is 210 Å². The van der Waals surface area contributed by atoms with E-state index >= 15 is 0 Å². The van der Waals surface area contributed by atoms with E-state index in [-0.39, 0.29) is 5.91 Å². The van der Waals surface area contributed by atoms with E-state index in [9.17, 15) is 4.79 Å². The molecule has 0 N–H and O–H groups in total. The number of aromatic nitrogens is 2. The quantitative estimate of drug-likeness (QED) is 0.549. The first-order valence-electron chi connectivity index (χ1n) is 13.7. The molecule has 2 fully saturated rings. The Hall–Kier alpha value is -2.47. The van der Waals surface area contributed by atoms with Crippen molar-refractivity contribution in [1.29, 1.82) is 0 Å². The van der Waals surface area contributed by atoms with Crippen LogP contribution in [-0.2, 0) is 17.6 Å².